The molecule has 0 unspecified atom stereocenters. The van der Waals surface area contributed by atoms with E-state index >= 15 is 0 Å². The first-order chi connectivity index (χ1) is 5.67. The molecule has 0 aliphatic heterocycles. The molecule has 0 fully saturated rings. The van der Waals surface area contributed by atoms with E-state index < -0.39 is 0 Å². The summed E-state index contributed by atoms with van der Waals surface area (Å²) in [5, 5.41) is 0. The zero-order valence-corrected chi connectivity index (χ0v) is 8.04. The van der Waals surface area contributed by atoms with Crippen molar-refractivity contribution in [1.82, 2.24) is 0 Å². The van der Waals surface area contributed by atoms with Crippen molar-refractivity contribution in [1.29, 1.82) is 0 Å². The number of hydrogen-bond donors (Lipinski definition) is 0. The molecular weight excluding hydrogens is 144 g/mol. The van der Waals surface area contributed by atoms with Gasteiger partial charge in [0.05, 0.1) is 0 Å². The summed E-state index contributed by atoms with van der Waals surface area (Å²) in [7, 11) is 0. The Labute approximate surface area is 74.9 Å². The standard InChI is InChI=1S/C12H16/c1-4-10-12(2,3)11-8-6-5-7-9-11/h4-10H,1-3H3/b10-4-. The molecule has 0 heterocycles. The van der Waals surface area contributed by atoms with Crippen molar-refractivity contribution in [3.05, 3.63) is 48.0 Å². The highest BCUT2D eigenvalue weighted by atomic mass is 14.2. The first-order valence-corrected chi connectivity index (χ1v) is 4.36. The lowest BCUT2D eigenvalue weighted by atomic mass is 9.84. The van der Waals surface area contributed by atoms with Crippen LogP contribution in [0, 0.1) is 0 Å². The average molecular weight is 160 g/mol. The summed E-state index contributed by atoms with van der Waals surface area (Å²) in [6.07, 6.45) is 4.33. The van der Waals surface area contributed by atoms with Crippen molar-refractivity contribution in [3.63, 3.8) is 0 Å². The van der Waals surface area contributed by atoms with Crippen molar-refractivity contribution < 1.29 is 0 Å². The second-order valence-corrected chi connectivity index (χ2v) is 3.59. The highest BCUT2D eigenvalue weighted by Crippen LogP contribution is 2.23. The molecule has 0 saturated carbocycles. The van der Waals surface area contributed by atoms with Crippen LogP contribution < -0.4 is 0 Å². The minimum atomic E-state index is 0.163. The molecule has 0 aliphatic rings. The zero-order valence-electron chi connectivity index (χ0n) is 8.04. The van der Waals surface area contributed by atoms with Crippen LogP contribution in [0.5, 0.6) is 0 Å². The van der Waals surface area contributed by atoms with E-state index in [1.165, 1.54) is 5.56 Å². The van der Waals surface area contributed by atoms with Crippen LogP contribution >= 0.6 is 0 Å². The second-order valence-electron chi connectivity index (χ2n) is 3.59. The normalized spacial score (nSPS) is 12.2. The van der Waals surface area contributed by atoms with E-state index in [0.717, 1.165) is 0 Å². The van der Waals surface area contributed by atoms with Crippen LogP contribution in [-0.2, 0) is 5.41 Å². The lowest BCUT2D eigenvalue weighted by Gasteiger charge is -2.20. The SMILES string of the molecule is C/C=C\C(C)(C)c1ccccc1. The van der Waals surface area contributed by atoms with Crippen LogP contribution in [0.2, 0.25) is 0 Å². The van der Waals surface area contributed by atoms with E-state index in [0.29, 0.717) is 0 Å². The molecule has 1 aromatic rings. The van der Waals surface area contributed by atoms with Crippen LogP contribution in [0.3, 0.4) is 0 Å². The molecule has 64 valence electrons. The Morgan fingerprint density at radius 2 is 1.67 bits per heavy atom. The number of benzene rings is 1. The van der Waals surface area contributed by atoms with Crippen molar-refractivity contribution in [2.45, 2.75) is 26.2 Å². The maximum Gasteiger partial charge on any atom is 0.00752 e. The average Bonchev–Trinajstić information content (AvgIpc) is 2.06. The fraction of sp³-hybridized carbons (Fsp3) is 0.333. The van der Waals surface area contributed by atoms with Gasteiger partial charge in [-0.3, -0.25) is 0 Å². The van der Waals surface area contributed by atoms with Crippen molar-refractivity contribution in [3.8, 4) is 0 Å². The molecule has 0 N–H and O–H groups in total. The Balaban J connectivity index is 2.97. The monoisotopic (exact) mass is 160 g/mol. The van der Waals surface area contributed by atoms with Crippen LogP contribution in [0.15, 0.2) is 42.5 Å². The predicted octanol–water partition coefficient (Wildman–Crippen LogP) is 3.54. The minimum absolute atomic E-state index is 0.163. The van der Waals surface area contributed by atoms with Crippen LogP contribution in [0.4, 0.5) is 0 Å². The zero-order chi connectivity index (χ0) is 9.03. The lowest BCUT2D eigenvalue weighted by molar-refractivity contribution is 0.669. The van der Waals surface area contributed by atoms with Gasteiger partial charge in [-0.05, 0) is 12.5 Å². The summed E-state index contributed by atoms with van der Waals surface area (Å²) < 4.78 is 0. The maximum atomic E-state index is 2.22. The second kappa shape index (κ2) is 3.57. The van der Waals surface area contributed by atoms with Gasteiger partial charge in [-0.25, -0.2) is 0 Å². The van der Waals surface area contributed by atoms with Gasteiger partial charge in [-0.1, -0.05) is 56.3 Å². The first kappa shape index (κ1) is 9.05. The van der Waals surface area contributed by atoms with Gasteiger partial charge in [-0.2, -0.15) is 0 Å². The largest absolute Gasteiger partial charge is 0.0908 e. The van der Waals surface area contributed by atoms with Gasteiger partial charge >= 0.3 is 0 Å². The van der Waals surface area contributed by atoms with Crippen LogP contribution in [0.25, 0.3) is 0 Å². The molecule has 0 aliphatic carbocycles. The van der Waals surface area contributed by atoms with Gasteiger partial charge in [0.25, 0.3) is 0 Å². The molecule has 1 rings (SSSR count). The van der Waals surface area contributed by atoms with Crippen molar-refractivity contribution >= 4 is 0 Å². The first-order valence-electron chi connectivity index (χ1n) is 4.36. The van der Waals surface area contributed by atoms with Gasteiger partial charge in [0.2, 0.25) is 0 Å². The molecule has 0 heteroatoms. The highest BCUT2D eigenvalue weighted by molar-refractivity contribution is 5.28. The van der Waals surface area contributed by atoms with Crippen molar-refractivity contribution in [2.24, 2.45) is 0 Å². The van der Waals surface area contributed by atoms with E-state index in [1.54, 1.807) is 0 Å². The molecule has 0 saturated heterocycles. The van der Waals surface area contributed by atoms with Crippen LogP contribution in [-0.4, -0.2) is 0 Å². The summed E-state index contributed by atoms with van der Waals surface area (Å²) >= 11 is 0. The smallest absolute Gasteiger partial charge is 0.00752 e. The summed E-state index contributed by atoms with van der Waals surface area (Å²) in [5.41, 5.74) is 1.53. The van der Waals surface area contributed by atoms with E-state index in [1.807, 2.05) is 0 Å². The predicted molar refractivity (Wildman–Crippen MR) is 54.3 cm³/mol. The number of hydrogen-bond acceptors (Lipinski definition) is 0. The van der Waals surface area contributed by atoms with E-state index in [-0.39, 0.29) is 5.41 Å². The van der Waals surface area contributed by atoms with Gasteiger partial charge < -0.3 is 0 Å². The molecule has 0 radical (unpaired) electrons. The summed E-state index contributed by atoms with van der Waals surface area (Å²) in [4.78, 5) is 0. The van der Waals surface area contributed by atoms with Gasteiger partial charge in [-0.15, -0.1) is 0 Å². The number of rotatable bonds is 2. The third-order valence-corrected chi connectivity index (χ3v) is 2.10. The molecule has 0 spiro atoms. The topological polar surface area (TPSA) is 0 Å². The van der Waals surface area contributed by atoms with Gasteiger partial charge in [0.15, 0.2) is 0 Å². The summed E-state index contributed by atoms with van der Waals surface area (Å²) in [6, 6.07) is 10.6. The van der Waals surface area contributed by atoms with E-state index in [4.69, 9.17) is 0 Å². The van der Waals surface area contributed by atoms with E-state index in [9.17, 15) is 0 Å². The lowest BCUT2D eigenvalue weighted by Crippen LogP contribution is -2.12. The molecule has 0 nitrogen and oxygen atoms in total. The maximum absolute atomic E-state index is 2.22. The summed E-state index contributed by atoms with van der Waals surface area (Å²) in [5.74, 6) is 0. The Kier molecular flexibility index (Phi) is 2.69. The summed E-state index contributed by atoms with van der Waals surface area (Å²) in [6.45, 7) is 6.51. The van der Waals surface area contributed by atoms with Gasteiger partial charge in [0.1, 0.15) is 0 Å². The molecule has 0 amide bonds. The van der Waals surface area contributed by atoms with Crippen molar-refractivity contribution in [2.75, 3.05) is 0 Å². The molecule has 0 atom stereocenters. The number of allylic oxidation sites excluding steroid dienone is 2. The molecule has 0 aromatic heterocycles. The minimum Gasteiger partial charge on any atom is -0.0908 e. The van der Waals surface area contributed by atoms with E-state index in [2.05, 4.69) is 63.3 Å². The Bertz CT molecular complexity index is 255. The van der Waals surface area contributed by atoms with Crippen LogP contribution in [0.1, 0.15) is 26.3 Å². The Hall–Kier alpha value is -1.04. The quantitative estimate of drug-likeness (QED) is 0.580. The fourth-order valence-corrected chi connectivity index (χ4v) is 1.38. The molecule has 12 heavy (non-hydrogen) atoms. The van der Waals surface area contributed by atoms with Gasteiger partial charge in [0, 0.05) is 5.41 Å². The molecule has 1 aromatic carbocycles. The molecular formula is C12H16. The Morgan fingerprint density at radius 3 is 2.17 bits per heavy atom. The molecule has 0 bridgehead atoms. The fourth-order valence-electron chi connectivity index (χ4n) is 1.38. The third kappa shape index (κ3) is 1.97. The third-order valence-electron chi connectivity index (χ3n) is 2.10. The Morgan fingerprint density at radius 1 is 1.08 bits per heavy atom. The highest BCUT2D eigenvalue weighted by Gasteiger charge is 2.14.